The monoisotopic (exact) mass is 343 g/mol. The van der Waals surface area contributed by atoms with Gasteiger partial charge in [0.15, 0.2) is 0 Å². The van der Waals surface area contributed by atoms with Crippen LogP contribution in [0.2, 0.25) is 0 Å². The van der Waals surface area contributed by atoms with Gasteiger partial charge in [0.25, 0.3) is 0 Å². The SMILES string of the molecule is CCN(CC(c1ccccc1F)N1CCN(C)CC1)S(C)(=O)=O. The van der Waals surface area contributed by atoms with Gasteiger partial charge >= 0.3 is 0 Å². The van der Waals surface area contributed by atoms with Gasteiger partial charge < -0.3 is 4.90 Å². The molecule has 7 heteroatoms. The average Bonchev–Trinajstić information content (AvgIpc) is 2.49. The first-order chi connectivity index (χ1) is 10.8. The van der Waals surface area contributed by atoms with Gasteiger partial charge in [-0.2, -0.15) is 0 Å². The van der Waals surface area contributed by atoms with Gasteiger partial charge in [-0.3, -0.25) is 4.90 Å². The predicted molar refractivity (Wildman–Crippen MR) is 90.3 cm³/mol. The quantitative estimate of drug-likeness (QED) is 0.783. The first-order valence-corrected chi connectivity index (χ1v) is 9.80. The Labute approximate surface area is 138 Å². The molecule has 0 bridgehead atoms. The molecule has 1 aromatic rings. The number of nitrogens with zero attached hydrogens (tertiary/aromatic N) is 3. The lowest BCUT2D eigenvalue weighted by Gasteiger charge is -2.39. The lowest BCUT2D eigenvalue weighted by Crippen LogP contribution is -2.49. The fraction of sp³-hybridized carbons (Fsp3) is 0.625. The maximum Gasteiger partial charge on any atom is 0.211 e. The van der Waals surface area contributed by atoms with Crippen LogP contribution in [-0.2, 0) is 10.0 Å². The molecule has 2 rings (SSSR count). The van der Waals surface area contributed by atoms with E-state index in [-0.39, 0.29) is 18.4 Å². The van der Waals surface area contributed by atoms with Crippen LogP contribution in [0.3, 0.4) is 0 Å². The number of sulfonamides is 1. The van der Waals surface area contributed by atoms with Crippen LogP contribution >= 0.6 is 0 Å². The summed E-state index contributed by atoms with van der Waals surface area (Å²) in [6.45, 7) is 5.88. The van der Waals surface area contributed by atoms with Crippen LogP contribution in [0.25, 0.3) is 0 Å². The minimum atomic E-state index is -3.31. The molecule has 0 aromatic heterocycles. The van der Waals surface area contributed by atoms with E-state index in [4.69, 9.17) is 0 Å². The summed E-state index contributed by atoms with van der Waals surface area (Å²) in [6.07, 6.45) is 1.21. The molecule has 130 valence electrons. The lowest BCUT2D eigenvalue weighted by atomic mass is 10.0. The van der Waals surface area contributed by atoms with Gasteiger partial charge in [-0.15, -0.1) is 0 Å². The minimum Gasteiger partial charge on any atom is -0.304 e. The van der Waals surface area contributed by atoms with Crippen molar-refractivity contribution >= 4 is 10.0 Å². The van der Waals surface area contributed by atoms with Gasteiger partial charge in [-0.25, -0.2) is 17.1 Å². The van der Waals surface area contributed by atoms with Crippen molar-refractivity contribution in [2.45, 2.75) is 13.0 Å². The summed E-state index contributed by atoms with van der Waals surface area (Å²) in [5, 5.41) is 0. The molecule has 0 N–H and O–H groups in total. The second kappa shape index (κ2) is 7.70. The summed E-state index contributed by atoms with van der Waals surface area (Å²) < 4.78 is 39.6. The van der Waals surface area contributed by atoms with Crippen LogP contribution in [0.15, 0.2) is 24.3 Å². The molecule has 1 unspecified atom stereocenters. The van der Waals surface area contributed by atoms with Gasteiger partial charge in [-0.05, 0) is 13.1 Å². The number of halogens is 1. The third-order valence-electron chi connectivity index (χ3n) is 4.44. The molecule has 5 nitrogen and oxygen atoms in total. The Morgan fingerprint density at radius 1 is 1.22 bits per heavy atom. The van der Waals surface area contributed by atoms with Crippen LogP contribution < -0.4 is 0 Å². The maximum atomic E-state index is 14.3. The van der Waals surface area contributed by atoms with Crippen molar-refractivity contribution in [3.63, 3.8) is 0 Å². The smallest absolute Gasteiger partial charge is 0.211 e. The summed E-state index contributed by atoms with van der Waals surface area (Å²) in [7, 11) is -1.25. The molecule has 1 aliphatic heterocycles. The molecule has 0 spiro atoms. The Hall–Kier alpha value is -1.02. The zero-order valence-electron chi connectivity index (χ0n) is 14.1. The van der Waals surface area contributed by atoms with Gasteiger partial charge in [0.05, 0.1) is 12.3 Å². The molecular weight excluding hydrogens is 317 g/mol. The topological polar surface area (TPSA) is 43.9 Å². The van der Waals surface area contributed by atoms with E-state index in [1.165, 1.54) is 16.6 Å². The molecule has 1 heterocycles. The number of piperazine rings is 1. The second-order valence-electron chi connectivity index (χ2n) is 6.09. The predicted octanol–water partition coefficient (Wildman–Crippen LogP) is 1.40. The lowest BCUT2D eigenvalue weighted by molar-refractivity contribution is 0.0988. The highest BCUT2D eigenvalue weighted by molar-refractivity contribution is 7.88. The standard InChI is InChI=1S/C16H26FN3O2S/c1-4-20(23(3,21)22)13-16(14-7-5-6-8-15(14)17)19-11-9-18(2)10-12-19/h5-8,16H,4,9-13H2,1-3H3. The van der Waals surface area contributed by atoms with E-state index < -0.39 is 10.0 Å². The molecule has 1 saturated heterocycles. The molecule has 23 heavy (non-hydrogen) atoms. The van der Waals surface area contributed by atoms with E-state index in [0.717, 1.165) is 26.2 Å². The van der Waals surface area contributed by atoms with E-state index in [1.807, 2.05) is 6.92 Å². The Morgan fingerprint density at radius 3 is 2.35 bits per heavy atom. The van der Waals surface area contributed by atoms with Crippen molar-refractivity contribution in [2.75, 3.05) is 52.6 Å². The molecule has 1 fully saturated rings. The Morgan fingerprint density at radius 2 is 1.83 bits per heavy atom. The average molecular weight is 343 g/mol. The van der Waals surface area contributed by atoms with Crippen LogP contribution in [0.1, 0.15) is 18.5 Å². The van der Waals surface area contributed by atoms with Crippen molar-refractivity contribution in [3.8, 4) is 0 Å². The first kappa shape index (κ1) is 18.3. The number of benzene rings is 1. The second-order valence-corrected chi connectivity index (χ2v) is 8.07. The largest absolute Gasteiger partial charge is 0.304 e. The molecule has 0 radical (unpaired) electrons. The third kappa shape index (κ3) is 4.73. The Kier molecular flexibility index (Phi) is 6.13. The third-order valence-corrected chi connectivity index (χ3v) is 5.79. The molecular formula is C16H26FN3O2S. The van der Waals surface area contributed by atoms with E-state index >= 15 is 0 Å². The van der Waals surface area contributed by atoms with Crippen molar-refractivity contribution < 1.29 is 12.8 Å². The number of hydrogen-bond acceptors (Lipinski definition) is 4. The first-order valence-electron chi connectivity index (χ1n) is 7.95. The number of rotatable bonds is 6. The molecule has 0 aliphatic carbocycles. The number of hydrogen-bond donors (Lipinski definition) is 0. The van der Waals surface area contributed by atoms with E-state index in [2.05, 4.69) is 16.8 Å². The van der Waals surface area contributed by atoms with E-state index in [1.54, 1.807) is 18.2 Å². The number of likely N-dealkylation sites (N-methyl/N-ethyl adjacent to an activating group) is 2. The van der Waals surface area contributed by atoms with Gasteiger partial charge in [0, 0.05) is 44.8 Å². The van der Waals surface area contributed by atoms with Gasteiger partial charge in [0.2, 0.25) is 10.0 Å². The van der Waals surface area contributed by atoms with Gasteiger partial charge in [0.1, 0.15) is 5.82 Å². The maximum absolute atomic E-state index is 14.3. The normalized spacial score (nSPS) is 19.2. The highest BCUT2D eigenvalue weighted by atomic mass is 32.2. The minimum absolute atomic E-state index is 0.264. The van der Waals surface area contributed by atoms with Crippen LogP contribution in [0.4, 0.5) is 4.39 Å². The van der Waals surface area contributed by atoms with Crippen LogP contribution in [-0.4, -0.2) is 75.1 Å². The van der Waals surface area contributed by atoms with Crippen molar-refractivity contribution in [1.82, 2.24) is 14.1 Å². The highest BCUT2D eigenvalue weighted by Gasteiger charge is 2.29. The van der Waals surface area contributed by atoms with Crippen LogP contribution in [0, 0.1) is 5.82 Å². The van der Waals surface area contributed by atoms with Crippen molar-refractivity contribution in [2.24, 2.45) is 0 Å². The fourth-order valence-corrected chi connectivity index (χ4v) is 3.86. The summed E-state index contributed by atoms with van der Waals surface area (Å²) in [5.41, 5.74) is 0.569. The summed E-state index contributed by atoms with van der Waals surface area (Å²) in [6, 6.07) is 6.40. The zero-order chi connectivity index (χ0) is 17.0. The highest BCUT2D eigenvalue weighted by Crippen LogP contribution is 2.26. The molecule has 1 atom stereocenters. The Bertz CT molecular complexity index is 616. The van der Waals surface area contributed by atoms with E-state index in [0.29, 0.717) is 12.1 Å². The van der Waals surface area contributed by atoms with Crippen molar-refractivity contribution in [1.29, 1.82) is 0 Å². The molecule has 1 aromatic carbocycles. The molecule has 0 saturated carbocycles. The van der Waals surface area contributed by atoms with E-state index in [9.17, 15) is 12.8 Å². The Balaban J connectivity index is 2.30. The van der Waals surface area contributed by atoms with Crippen molar-refractivity contribution in [3.05, 3.63) is 35.6 Å². The zero-order valence-corrected chi connectivity index (χ0v) is 14.9. The molecule has 1 aliphatic rings. The summed E-state index contributed by atoms with van der Waals surface area (Å²) >= 11 is 0. The fourth-order valence-electron chi connectivity index (χ4n) is 2.98. The summed E-state index contributed by atoms with van der Waals surface area (Å²) in [5.74, 6) is -0.277. The van der Waals surface area contributed by atoms with Crippen LogP contribution in [0.5, 0.6) is 0 Å². The molecule has 0 amide bonds. The van der Waals surface area contributed by atoms with Gasteiger partial charge in [-0.1, -0.05) is 25.1 Å². The summed E-state index contributed by atoms with van der Waals surface area (Å²) in [4.78, 5) is 4.41.